The van der Waals surface area contributed by atoms with Crippen molar-refractivity contribution in [1.29, 1.82) is 0 Å². The summed E-state index contributed by atoms with van der Waals surface area (Å²) in [6, 6.07) is 4.50. The maximum absolute atomic E-state index is 13.6. The van der Waals surface area contributed by atoms with E-state index in [1.807, 2.05) is 13.0 Å². The molecule has 1 aromatic carbocycles. The Hall–Kier alpha value is -0.950. The van der Waals surface area contributed by atoms with E-state index < -0.39 is 5.82 Å². The largest absolute Gasteiger partial charge is 0.437 e. The Morgan fingerprint density at radius 1 is 1.24 bits per heavy atom. The average Bonchev–Trinajstić information content (AvgIpc) is 2.76. The van der Waals surface area contributed by atoms with E-state index in [4.69, 9.17) is 27.9 Å². The molecule has 0 N–H and O–H groups in total. The molecule has 108 valence electrons. The summed E-state index contributed by atoms with van der Waals surface area (Å²) in [5, 5.41) is 0.806. The van der Waals surface area contributed by atoms with Crippen molar-refractivity contribution in [2.45, 2.75) is 6.92 Å². The van der Waals surface area contributed by atoms with Crippen molar-refractivity contribution in [1.82, 2.24) is 9.97 Å². The molecule has 0 amide bonds. The summed E-state index contributed by atoms with van der Waals surface area (Å²) in [6.45, 7) is 1.95. The highest BCUT2D eigenvalue weighted by Crippen LogP contribution is 2.37. The van der Waals surface area contributed by atoms with Crippen molar-refractivity contribution in [3.05, 3.63) is 43.7 Å². The first-order valence-corrected chi connectivity index (χ1v) is 8.06. The van der Waals surface area contributed by atoms with Crippen molar-refractivity contribution >= 4 is 60.7 Å². The molecule has 8 heteroatoms. The molecule has 0 bridgehead atoms. The van der Waals surface area contributed by atoms with Gasteiger partial charge >= 0.3 is 0 Å². The second-order valence-electron chi connectivity index (χ2n) is 4.17. The van der Waals surface area contributed by atoms with Gasteiger partial charge in [-0.25, -0.2) is 9.37 Å². The molecule has 0 radical (unpaired) electrons. The van der Waals surface area contributed by atoms with E-state index in [-0.39, 0.29) is 21.9 Å². The Morgan fingerprint density at radius 2 is 2.00 bits per heavy atom. The first-order valence-electron chi connectivity index (χ1n) is 5.70. The molecule has 2 heterocycles. The molecule has 0 aliphatic carbocycles. The number of rotatable bonds is 2. The minimum atomic E-state index is -0.576. The van der Waals surface area contributed by atoms with Crippen LogP contribution >= 0.6 is 50.5 Å². The summed E-state index contributed by atoms with van der Waals surface area (Å²) in [7, 11) is 0. The zero-order valence-electron chi connectivity index (χ0n) is 10.5. The van der Waals surface area contributed by atoms with Gasteiger partial charge in [0.05, 0.1) is 14.9 Å². The van der Waals surface area contributed by atoms with Crippen molar-refractivity contribution in [3.8, 4) is 11.6 Å². The van der Waals surface area contributed by atoms with E-state index in [9.17, 15) is 4.39 Å². The number of aromatic nitrogens is 2. The number of aryl methyl sites for hydroxylation is 1. The van der Waals surface area contributed by atoms with Crippen LogP contribution in [0.4, 0.5) is 4.39 Å². The predicted molar refractivity (Wildman–Crippen MR) is 86.3 cm³/mol. The smallest absolute Gasteiger partial charge is 0.232 e. The van der Waals surface area contributed by atoms with Crippen molar-refractivity contribution < 1.29 is 9.13 Å². The van der Waals surface area contributed by atoms with Crippen LogP contribution in [0.25, 0.3) is 10.2 Å². The summed E-state index contributed by atoms with van der Waals surface area (Å²) < 4.78 is 19.8. The molecule has 0 saturated heterocycles. The van der Waals surface area contributed by atoms with Crippen LogP contribution in [0.3, 0.4) is 0 Å². The maximum atomic E-state index is 13.6. The zero-order chi connectivity index (χ0) is 15.1. The van der Waals surface area contributed by atoms with Crippen LogP contribution in [0, 0.1) is 12.7 Å². The Morgan fingerprint density at radius 3 is 2.76 bits per heavy atom. The SMILES string of the molecule is Cc1cc2c(Oc3cc(F)c(Cl)cc3Br)nc(Cl)nc2s1. The highest BCUT2D eigenvalue weighted by Gasteiger charge is 2.15. The number of benzene rings is 1. The first kappa shape index (κ1) is 15.0. The number of thiophene rings is 1. The van der Waals surface area contributed by atoms with Gasteiger partial charge in [-0.2, -0.15) is 4.98 Å². The quantitative estimate of drug-likeness (QED) is 0.386. The Balaban J connectivity index is 2.11. The molecule has 0 aliphatic heterocycles. The summed E-state index contributed by atoms with van der Waals surface area (Å²) in [6.07, 6.45) is 0. The number of fused-ring (bicyclic) bond motifs is 1. The minimum absolute atomic E-state index is 0.00599. The Labute approximate surface area is 141 Å². The average molecular weight is 408 g/mol. The minimum Gasteiger partial charge on any atom is -0.437 e. The van der Waals surface area contributed by atoms with Crippen LogP contribution in [0.2, 0.25) is 10.3 Å². The molecule has 3 rings (SSSR count). The fourth-order valence-corrected chi connectivity index (χ4v) is 3.56. The number of nitrogens with zero attached hydrogens (tertiary/aromatic N) is 2. The first-order chi connectivity index (χ1) is 9.94. The lowest BCUT2D eigenvalue weighted by Gasteiger charge is -2.08. The van der Waals surface area contributed by atoms with Gasteiger partial charge in [-0.15, -0.1) is 11.3 Å². The Kier molecular flexibility index (Phi) is 4.05. The molecule has 21 heavy (non-hydrogen) atoms. The second-order valence-corrected chi connectivity index (χ2v) is 7.01. The summed E-state index contributed by atoms with van der Waals surface area (Å²) in [5.74, 6) is -0.0404. The van der Waals surface area contributed by atoms with Gasteiger partial charge in [-0.05, 0) is 46.6 Å². The van der Waals surface area contributed by atoms with Gasteiger partial charge < -0.3 is 4.74 Å². The monoisotopic (exact) mass is 406 g/mol. The van der Waals surface area contributed by atoms with E-state index in [0.29, 0.717) is 9.30 Å². The fraction of sp³-hybridized carbons (Fsp3) is 0.0769. The van der Waals surface area contributed by atoms with Gasteiger partial charge in [0, 0.05) is 10.9 Å². The third-order valence-electron chi connectivity index (χ3n) is 2.64. The maximum Gasteiger partial charge on any atom is 0.232 e. The lowest BCUT2D eigenvalue weighted by Crippen LogP contribution is -1.93. The normalized spacial score (nSPS) is 11.1. The number of hydrogen-bond donors (Lipinski definition) is 0. The van der Waals surface area contributed by atoms with Gasteiger partial charge in [0.1, 0.15) is 16.4 Å². The van der Waals surface area contributed by atoms with Crippen LogP contribution in [-0.4, -0.2) is 9.97 Å². The number of halogens is 4. The molecule has 0 saturated carbocycles. The second kappa shape index (κ2) is 5.68. The van der Waals surface area contributed by atoms with E-state index in [1.54, 1.807) is 0 Å². The van der Waals surface area contributed by atoms with E-state index in [2.05, 4.69) is 25.9 Å². The lowest BCUT2D eigenvalue weighted by molar-refractivity contribution is 0.460. The molecule has 0 spiro atoms. The fourth-order valence-electron chi connectivity index (χ4n) is 1.76. The summed E-state index contributed by atoms with van der Waals surface area (Å²) >= 11 is 16.4. The molecule has 0 aliphatic rings. The van der Waals surface area contributed by atoms with Crippen molar-refractivity contribution in [2.24, 2.45) is 0 Å². The van der Waals surface area contributed by atoms with E-state index >= 15 is 0 Å². The zero-order valence-corrected chi connectivity index (χ0v) is 14.4. The molecule has 2 aromatic heterocycles. The van der Waals surface area contributed by atoms with Crippen molar-refractivity contribution in [3.63, 3.8) is 0 Å². The molecule has 0 atom stereocenters. The summed E-state index contributed by atoms with van der Waals surface area (Å²) in [5.41, 5.74) is 0. The molecule has 0 unspecified atom stereocenters. The molecule has 3 aromatic rings. The molecular weight excluding hydrogens is 402 g/mol. The van der Waals surface area contributed by atoms with Crippen LogP contribution in [0.15, 0.2) is 22.7 Å². The lowest BCUT2D eigenvalue weighted by atomic mass is 10.3. The molecular formula is C13H6BrCl2FN2OS. The van der Waals surface area contributed by atoms with Crippen LogP contribution < -0.4 is 4.74 Å². The highest BCUT2D eigenvalue weighted by molar-refractivity contribution is 9.10. The topological polar surface area (TPSA) is 35.0 Å². The third-order valence-corrected chi connectivity index (χ3v) is 4.66. The van der Waals surface area contributed by atoms with Gasteiger partial charge in [-0.1, -0.05) is 11.6 Å². The number of hydrogen-bond acceptors (Lipinski definition) is 4. The Bertz CT molecular complexity index is 856. The van der Waals surface area contributed by atoms with Gasteiger partial charge in [-0.3, -0.25) is 0 Å². The molecule has 3 nitrogen and oxygen atoms in total. The number of ether oxygens (including phenoxy) is 1. The van der Waals surface area contributed by atoms with E-state index in [1.165, 1.54) is 23.5 Å². The van der Waals surface area contributed by atoms with E-state index in [0.717, 1.165) is 10.3 Å². The van der Waals surface area contributed by atoms with Crippen LogP contribution in [-0.2, 0) is 0 Å². The highest BCUT2D eigenvalue weighted by atomic mass is 79.9. The predicted octanol–water partition coefficient (Wildman–Crippen LogP) is 6.00. The van der Waals surface area contributed by atoms with Gasteiger partial charge in [0.15, 0.2) is 0 Å². The van der Waals surface area contributed by atoms with Gasteiger partial charge in [0.2, 0.25) is 11.2 Å². The van der Waals surface area contributed by atoms with Crippen molar-refractivity contribution in [2.75, 3.05) is 0 Å². The summed E-state index contributed by atoms with van der Waals surface area (Å²) in [4.78, 5) is 9.97. The third kappa shape index (κ3) is 2.99. The van der Waals surface area contributed by atoms with Crippen LogP contribution in [0.5, 0.6) is 11.6 Å². The standard InChI is InChI=1S/C13H6BrCl2FN2OS/c1-5-2-6-11(18-13(16)19-12(6)21-5)20-10-4-9(17)8(15)3-7(10)14/h2-4H,1H3. The van der Waals surface area contributed by atoms with Crippen LogP contribution in [0.1, 0.15) is 4.88 Å². The van der Waals surface area contributed by atoms with Gasteiger partial charge in [0.25, 0.3) is 0 Å². The molecule has 0 fully saturated rings.